The first-order chi connectivity index (χ1) is 13.3. The molecule has 0 unspecified atom stereocenters. The molecule has 0 bridgehead atoms. The summed E-state index contributed by atoms with van der Waals surface area (Å²) < 4.78 is 4.16. The first kappa shape index (κ1) is 19.9. The van der Waals surface area contributed by atoms with Crippen molar-refractivity contribution in [2.75, 3.05) is 11.1 Å². The number of carbonyl (C=O) groups excluding carboxylic acids is 1. The number of nitrogens with zero attached hydrogens (tertiary/aromatic N) is 4. The highest BCUT2D eigenvalue weighted by molar-refractivity contribution is 7.99. The van der Waals surface area contributed by atoms with Crippen molar-refractivity contribution in [1.82, 2.24) is 18.7 Å². The van der Waals surface area contributed by atoms with Crippen molar-refractivity contribution in [1.29, 1.82) is 0 Å². The minimum absolute atomic E-state index is 0.144. The van der Waals surface area contributed by atoms with Gasteiger partial charge >= 0.3 is 5.69 Å². The lowest BCUT2D eigenvalue weighted by Crippen LogP contribution is -2.37. The maximum absolute atomic E-state index is 12.5. The van der Waals surface area contributed by atoms with Gasteiger partial charge < -0.3 is 9.88 Å². The number of nitrogens with one attached hydrogen (secondary N) is 1. The predicted molar refractivity (Wildman–Crippen MR) is 111 cm³/mol. The maximum Gasteiger partial charge on any atom is 0.332 e. The molecule has 0 fully saturated rings. The third-order valence-electron chi connectivity index (χ3n) is 4.71. The zero-order valence-electron chi connectivity index (χ0n) is 16.6. The number of aromatic nitrogens is 4. The van der Waals surface area contributed by atoms with Gasteiger partial charge in [-0.2, -0.15) is 0 Å². The smallest absolute Gasteiger partial charge is 0.325 e. The Bertz CT molecular complexity index is 1170. The van der Waals surface area contributed by atoms with E-state index in [0.717, 1.165) is 21.4 Å². The number of amides is 1. The predicted octanol–water partition coefficient (Wildman–Crippen LogP) is 1.80. The minimum atomic E-state index is -0.428. The second kappa shape index (κ2) is 7.67. The lowest BCUT2D eigenvalue weighted by atomic mass is 10.1. The molecular weight excluding hydrogens is 378 g/mol. The van der Waals surface area contributed by atoms with E-state index in [9.17, 15) is 14.4 Å². The van der Waals surface area contributed by atoms with Crippen LogP contribution in [0.5, 0.6) is 0 Å². The van der Waals surface area contributed by atoms with E-state index < -0.39 is 5.69 Å². The Hall–Kier alpha value is -2.81. The van der Waals surface area contributed by atoms with E-state index in [1.54, 1.807) is 11.6 Å². The van der Waals surface area contributed by atoms with E-state index in [1.807, 2.05) is 39.0 Å². The van der Waals surface area contributed by atoms with Crippen LogP contribution in [0.15, 0.2) is 32.9 Å². The number of aryl methyl sites for hydroxylation is 4. The van der Waals surface area contributed by atoms with Gasteiger partial charge in [-0.15, -0.1) is 0 Å². The Kier molecular flexibility index (Phi) is 5.46. The highest BCUT2D eigenvalue weighted by atomic mass is 32.2. The van der Waals surface area contributed by atoms with Crippen molar-refractivity contribution >= 4 is 34.5 Å². The number of hydrogen-bond acceptors (Lipinski definition) is 5. The highest BCUT2D eigenvalue weighted by Crippen LogP contribution is 2.23. The van der Waals surface area contributed by atoms with Crippen molar-refractivity contribution in [3.63, 3.8) is 0 Å². The van der Waals surface area contributed by atoms with E-state index in [0.29, 0.717) is 22.9 Å². The average molecular weight is 401 g/mol. The van der Waals surface area contributed by atoms with Crippen molar-refractivity contribution in [2.45, 2.75) is 32.5 Å². The molecule has 3 rings (SSSR count). The topological polar surface area (TPSA) is 90.9 Å². The lowest BCUT2D eigenvalue weighted by Gasteiger charge is -2.11. The monoisotopic (exact) mass is 401 g/mol. The minimum Gasteiger partial charge on any atom is -0.325 e. The quantitative estimate of drug-likeness (QED) is 0.659. The van der Waals surface area contributed by atoms with Crippen LogP contribution in [0.2, 0.25) is 0 Å². The summed E-state index contributed by atoms with van der Waals surface area (Å²) >= 11 is 1.24. The van der Waals surface area contributed by atoms with Gasteiger partial charge in [-0.1, -0.05) is 30.0 Å². The van der Waals surface area contributed by atoms with Crippen molar-refractivity contribution in [3.8, 4) is 0 Å². The summed E-state index contributed by atoms with van der Waals surface area (Å²) in [5, 5.41) is 3.48. The Labute approximate surface area is 166 Å². The second-order valence-corrected chi connectivity index (χ2v) is 7.56. The number of rotatable bonds is 5. The van der Waals surface area contributed by atoms with Crippen LogP contribution < -0.4 is 16.6 Å². The first-order valence-corrected chi connectivity index (χ1v) is 9.89. The molecular formula is C19H23N5O3S. The molecule has 0 atom stereocenters. The Balaban J connectivity index is 1.90. The number of carbonyl (C=O) groups is 1. The molecule has 0 spiro atoms. The number of para-hydroxylation sites is 1. The lowest BCUT2D eigenvalue weighted by molar-refractivity contribution is -0.113. The van der Waals surface area contributed by atoms with Crippen LogP contribution in [0, 0.1) is 13.8 Å². The largest absolute Gasteiger partial charge is 0.332 e. The molecule has 0 aliphatic carbocycles. The standard InChI is InChI=1S/C19H23N5O3S/c1-6-24-15-16(22(4)19(27)23(5)17(15)26)21-18(24)28-10-13(25)20-14-11(2)8-7-9-12(14)3/h7-9H,6,10H2,1-5H3,(H,20,25). The zero-order valence-corrected chi connectivity index (χ0v) is 17.4. The molecule has 0 aliphatic rings. The fraction of sp³-hybridized carbons (Fsp3) is 0.368. The number of hydrogen-bond donors (Lipinski definition) is 1. The van der Waals surface area contributed by atoms with Crippen LogP contribution >= 0.6 is 11.8 Å². The molecule has 9 heteroatoms. The molecule has 1 aromatic carbocycles. The number of thioether (sulfide) groups is 1. The molecule has 8 nitrogen and oxygen atoms in total. The van der Waals surface area contributed by atoms with Crippen molar-refractivity contribution < 1.29 is 4.79 Å². The Morgan fingerprint density at radius 3 is 2.39 bits per heavy atom. The summed E-state index contributed by atoms with van der Waals surface area (Å²) in [5.41, 5.74) is 2.68. The molecule has 0 saturated heterocycles. The van der Waals surface area contributed by atoms with Gasteiger partial charge in [-0.3, -0.25) is 18.7 Å². The van der Waals surface area contributed by atoms with Gasteiger partial charge in [-0.05, 0) is 31.9 Å². The molecule has 28 heavy (non-hydrogen) atoms. The van der Waals surface area contributed by atoms with Crippen LogP contribution in [-0.4, -0.2) is 30.3 Å². The molecule has 0 radical (unpaired) electrons. The van der Waals surface area contributed by atoms with E-state index in [1.165, 1.54) is 23.4 Å². The molecule has 0 aliphatic heterocycles. The summed E-state index contributed by atoms with van der Waals surface area (Å²) in [6.07, 6.45) is 0. The van der Waals surface area contributed by atoms with Crippen LogP contribution in [-0.2, 0) is 25.4 Å². The van der Waals surface area contributed by atoms with Crippen LogP contribution in [0.4, 0.5) is 5.69 Å². The third kappa shape index (κ3) is 3.37. The van der Waals surface area contributed by atoms with E-state index in [2.05, 4.69) is 10.3 Å². The van der Waals surface area contributed by atoms with Gasteiger partial charge in [0.15, 0.2) is 16.3 Å². The van der Waals surface area contributed by atoms with E-state index in [-0.39, 0.29) is 17.2 Å². The first-order valence-electron chi connectivity index (χ1n) is 8.91. The summed E-state index contributed by atoms with van der Waals surface area (Å²) in [7, 11) is 3.03. The van der Waals surface area contributed by atoms with Crippen molar-refractivity contribution in [2.24, 2.45) is 14.1 Å². The summed E-state index contributed by atoms with van der Waals surface area (Å²) in [4.78, 5) is 41.6. The fourth-order valence-corrected chi connectivity index (χ4v) is 4.01. The van der Waals surface area contributed by atoms with Gasteiger partial charge in [0.05, 0.1) is 5.75 Å². The van der Waals surface area contributed by atoms with Gasteiger partial charge in [0.1, 0.15) is 0 Å². The summed E-state index contributed by atoms with van der Waals surface area (Å²) in [6, 6.07) is 5.84. The number of anilines is 1. The molecule has 2 aromatic heterocycles. The van der Waals surface area contributed by atoms with Crippen molar-refractivity contribution in [3.05, 3.63) is 50.2 Å². The normalized spacial score (nSPS) is 11.2. The zero-order chi connectivity index (χ0) is 20.6. The number of benzene rings is 1. The van der Waals surface area contributed by atoms with Gasteiger partial charge in [0, 0.05) is 26.3 Å². The molecule has 148 valence electrons. The summed E-state index contributed by atoms with van der Waals surface area (Å²) in [5.74, 6) is -0.00959. The average Bonchev–Trinajstić information content (AvgIpc) is 3.04. The Morgan fingerprint density at radius 2 is 1.79 bits per heavy atom. The molecule has 1 amide bonds. The van der Waals surface area contributed by atoms with Gasteiger partial charge in [0.2, 0.25) is 5.91 Å². The van der Waals surface area contributed by atoms with Gasteiger partial charge in [-0.25, -0.2) is 9.78 Å². The van der Waals surface area contributed by atoms with E-state index >= 15 is 0 Å². The van der Waals surface area contributed by atoms with E-state index in [4.69, 9.17) is 0 Å². The molecule has 0 saturated carbocycles. The molecule has 3 aromatic rings. The van der Waals surface area contributed by atoms with Crippen LogP contribution in [0.1, 0.15) is 18.1 Å². The molecule has 1 N–H and O–H groups in total. The third-order valence-corrected chi connectivity index (χ3v) is 5.68. The van der Waals surface area contributed by atoms with Gasteiger partial charge in [0.25, 0.3) is 5.56 Å². The van der Waals surface area contributed by atoms with Crippen LogP contribution in [0.3, 0.4) is 0 Å². The maximum atomic E-state index is 12.5. The highest BCUT2D eigenvalue weighted by Gasteiger charge is 2.19. The SMILES string of the molecule is CCn1c(SCC(=O)Nc2c(C)cccc2C)nc2c1c(=O)n(C)c(=O)n2C. The number of imidazole rings is 1. The number of fused-ring (bicyclic) bond motifs is 1. The summed E-state index contributed by atoms with van der Waals surface area (Å²) in [6.45, 7) is 6.29. The van der Waals surface area contributed by atoms with Crippen LogP contribution in [0.25, 0.3) is 11.2 Å². The Morgan fingerprint density at radius 1 is 1.14 bits per heavy atom. The molecule has 2 heterocycles. The fourth-order valence-electron chi connectivity index (χ4n) is 3.15. The second-order valence-electron chi connectivity index (χ2n) is 6.62.